The molecule has 1 amide bonds. The Morgan fingerprint density at radius 1 is 1.25 bits per heavy atom. The van der Waals surface area contributed by atoms with E-state index in [4.69, 9.17) is 15.9 Å². The van der Waals surface area contributed by atoms with E-state index in [9.17, 15) is 4.79 Å². The van der Waals surface area contributed by atoms with Crippen molar-refractivity contribution in [2.45, 2.75) is 25.4 Å². The Kier molecular flexibility index (Phi) is 4.45. The Morgan fingerprint density at radius 2 is 2.04 bits per heavy atom. The molecule has 28 heavy (non-hydrogen) atoms. The number of pyridine rings is 1. The van der Waals surface area contributed by atoms with Crippen molar-refractivity contribution in [1.82, 2.24) is 9.88 Å². The number of carbonyl (C=O) groups excluding carboxylic acids is 1. The average Bonchev–Trinajstić information content (AvgIpc) is 3.42. The van der Waals surface area contributed by atoms with Crippen LogP contribution >= 0.6 is 0 Å². The molecule has 0 atom stereocenters. The highest BCUT2D eigenvalue weighted by molar-refractivity contribution is 6.14. The number of nitrogens with zero attached hydrogens (tertiary/aromatic N) is 3. The van der Waals surface area contributed by atoms with Crippen molar-refractivity contribution in [3.63, 3.8) is 0 Å². The van der Waals surface area contributed by atoms with Gasteiger partial charge < -0.3 is 20.3 Å². The van der Waals surface area contributed by atoms with Gasteiger partial charge >= 0.3 is 0 Å². The Hall–Kier alpha value is -3.09. The topological polar surface area (TPSA) is 95.5 Å². The van der Waals surface area contributed by atoms with Gasteiger partial charge in [-0.2, -0.15) is 0 Å². The summed E-state index contributed by atoms with van der Waals surface area (Å²) < 4.78 is 6.02. The minimum absolute atomic E-state index is 0.0659. The lowest BCUT2D eigenvalue weighted by Gasteiger charge is -2.32. The molecule has 1 aliphatic heterocycles. The molecule has 2 fully saturated rings. The summed E-state index contributed by atoms with van der Waals surface area (Å²) in [6.07, 6.45) is 3.76. The number of ether oxygens (including phenoxy) is 1. The van der Waals surface area contributed by atoms with Crippen molar-refractivity contribution < 1.29 is 9.53 Å². The monoisotopic (exact) mass is 379 g/mol. The highest BCUT2D eigenvalue weighted by Gasteiger charge is 2.40. The van der Waals surface area contributed by atoms with Crippen LogP contribution in [0.15, 0.2) is 36.5 Å². The number of nitrogen functional groups attached to an aromatic ring is 1. The summed E-state index contributed by atoms with van der Waals surface area (Å²) in [5.41, 5.74) is 8.24. The van der Waals surface area contributed by atoms with Gasteiger partial charge in [0.05, 0.1) is 12.3 Å². The van der Waals surface area contributed by atoms with Gasteiger partial charge in [0, 0.05) is 43.1 Å². The van der Waals surface area contributed by atoms with Gasteiger partial charge in [-0.1, -0.05) is 0 Å². The number of nitrogens with one attached hydrogen (secondary N) is 1. The van der Waals surface area contributed by atoms with Gasteiger partial charge in [-0.3, -0.25) is 10.2 Å². The number of amides is 1. The van der Waals surface area contributed by atoms with Crippen LogP contribution in [0.1, 0.15) is 30.9 Å². The molecule has 0 bridgehead atoms. The first-order valence-electron chi connectivity index (χ1n) is 9.47. The smallest absolute Gasteiger partial charge is 0.241 e. The Labute approximate surface area is 164 Å². The van der Waals surface area contributed by atoms with E-state index in [0.29, 0.717) is 41.4 Å². The molecule has 4 rings (SSSR count). The number of hydrogen-bond acceptors (Lipinski definition) is 6. The Balaban J connectivity index is 1.58. The summed E-state index contributed by atoms with van der Waals surface area (Å²) in [6, 6.07) is 9.10. The van der Waals surface area contributed by atoms with Crippen molar-refractivity contribution in [1.29, 1.82) is 5.41 Å². The van der Waals surface area contributed by atoms with Crippen LogP contribution in [0.5, 0.6) is 5.75 Å². The molecule has 0 radical (unpaired) electrons. The predicted octanol–water partition coefficient (Wildman–Crippen LogP) is 2.29. The molecule has 1 aromatic heterocycles. The van der Waals surface area contributed by atoms with Gasteiger partial charge in [-0.25, -0.2) is 4.98 Å². The van der Waals surface area contributed by atoms with Gasteiger partial charge in [0.1, 0.15) is 17.2 Å². The van der Waals surface area contributed by atoms with Crippen molar-refractivity contribution in [2.75, 3.05) is 37.3 Å². The maximum atomic E-state index is 12.0. The molecule has 7 nitrogen and oxygen atoms in total. The van der Waals surface area contributed by atoms with Crippen LogP contribution in [-0.2, 0) is 4.79 Å². The Morgan fingerprint density at radius 3 is 2.75 bits per heavy atom. The van der Waals surface area contributed by atoms with Crippen molar-refractivity contribution in [3.05, 3.63) is 47.7 Å². The molecule has 146 valence electrons. The van der Waals surface area contributed by atoms with Crippen molar-refractivity contribution >= 4 is 23.1 Å². The molecule has 1 aromatic carbocycles. The van der Waals surface area contributed by atoms with E-state index >= 15 is 0 Å². The third-order valence-corrected chi connectivity index (χ3v) is 5.43. The minimum atomic E-state index is -0.0899. The molecule has 2 heterocycles. The predicted molar refractivity (Wildman–Crippen MR) is 109 cm³/mol. The lowest BCUT2D eigenvalue weighted by Crippen LogP contribution is -2.48. The average molecular weight is 379 g/mol. The van der Waals surface area contributed by atoms with E-state index in [1.807, 2.05) is 23.1 Å². The summed E-state index contributed by atoms with van der Waals surface area (Å²) >= 11 is 0. The fraction of sp³-hybridized carbons (Fsp3) is 0.381. The van der Waals surface area contributed by atoms with E-state index in [1.165, 1.54) is 0 Å². The number of hydrogen-bond donors (Lipinski definition) is 2. The molecule has 1 aliphatic carbocycles. The summed E-state index contributed by atoms with van der Waals surface area (Å²) in [7, 11) is 1.80. The van der Waals surface area contributed by atoms with Crippen LogP contribution < -0.4 is 15.4 Å². The minimum Gasteiger partial charge on any atom is -0.488 e. The van der Waals surface area contributed by atoms with Crippen LogP contribution in [-0.4, -0.2) is 53.8 Å². The summed E-state index contributed by atoms with van der Waals surface area (Å²) in [6.45, 7) is 3.76. The molecular weight excluding hydrogens is 354 g/mol. The first-order valence-corrected chi connectivity index (χ1v) is 9.47. The van der Waals surface area contributed by atoms with Gasteiger partial charge in [0.2, 0.25) is 5.91 Å². The number of aromatic nitrogens is 1. The number of benzene rings is 1. The lowest BCUT2D eigenvalue weighted by molar-refractivity contribution is -0.129. The maximum Gasteiger partial charge on any atom is 0.241 e. The summed E-state index contributed by atoms with van der Waals surface area (Å²) in [5.74, 6) is 1.49. The molecular formula is C21H25N5O2. The van der Waals surface area contributed by atoms with E-state index in [2.05, 4.69) is 11.9 Å². The van der Waals surface area contributed by atoms with E-state index in [0.717, 1.165) is 25.1 Å². The highest BCUT2D eigenvalue weighted by atomic mass is 16.5. The largest absolute Gasteiger partial charge is 0.488 e. The normalized spacial score (nSPS) is 18.1. The molecule has 1 saturated heterocycles. The van der Waals surface area contributed by atoms with E-state index in [1.54, 1.807) is 30.3 Å². The maximum absolute atomic E-state index is 12.0. The molecule has 0 unspecified atom stereocenters. The summed E-state index contributed by atoms with van der Waals surface area (Å²) in [4.78, 5) is 20.1. The zero-order chi connectivity index (χ0) is 19.9. The first kappa shape index (κ1) is 18.3. The van der Waals surface area contributed by atoms with Crippen LogP contribution in [0.25, 0.3) is 0 Å². The second-order valence-electron chi connectivity index (χ2n) is 7.82. The standard InChI is InChI=1S/C21H25N5O2/c1-21(6-7-21)28-15-3-4-17(22)16(12-15)20(23)14-5-8-24-18(11-14)26-10-9-25(2)19(27)13-26/h3-5,8,11-12,23H,6-7,9-10,13,22H2,1-2H3. The first-order chi connectivity index (χ1) is 13.3. The van der Waals surface area contributed by atoms with Gasteiger partial charge in [0.25, 0.3) is 0 Å². The fourth-order valence-corrected chi connectivity index (χ4v) is 3.23. The molecule has 7 heteroatoms. The molecule has 2 aliphatic rings. The number of nitrogens with two attached hydrogens (primary N) is 1. The molecule has 1 saturated carbocycles. The lowest BCUT2D eigenvalue weighted by atomic mass is 10.0. The van der Waals surface area contributed by atoms with Crippen LogP contribution in [0.2, 0.25) is 0 Å². The molecule has 2 aromatic rings. The van der Waals surface area contributed by atoms with Gasteiger partial charge in [-0.05, 0) is 50.1 Å². The molecule has 3 N–H and O–H groups in total. The second kappa shape index (κ2) is 6.82. The van der Waals surface area contributed by atoms with E-state index < -0.39 is 0 Å². The Bertz CT molecular complexity index is 938. The quantitative estimate of drug-likeness (QED) is 0.614. The molecule has 0 spiro atoms. The fourth-order valence-electron chi connectivity index (χ4n) is 3.23. The van der Waals surface area contributed by atoms with Crippen molar-refractivity contribution in [2.24, 2.45) is 0 Å². The van der Waals surface area contributed by atoms with E-state index in [-0.39, 0.29) is 11.5 Å². The number of piperazine rings is 1. The zero-order valence-electron chi connectivity index (χ0n) is 16.2. The summed E-state index contributed by atoms with van der Waals surface area (Å²) in [5, 5.41) is 8.68. The number of rotatable bonds is 5. The van der Waals surface area contributed by atoms with Gasteiger partial charge in [-0.15, -0.1) is 0 Å². The number of anilines is 2. The SMILES string of the molecule is CN1CCN(c2cc(C(=N)c3cc(OC4(C)CC4)ccc3N)ccn2)CC1=O. The number of likely N-dealkylation sites (N-methyl/N-ethyl adjacent to an activating group) is 1. The number of carbonyl (C=O) groups is 1. The highest BCUT2D eigenvalue weighted by Crippen LogP contribution is 2.40. The van der Waals surface area contributed by atoms with Crippen LogP contribution in [0, 0.1) is 5.41 Å². The van der Waals surface area contributed by atoms with Crippen molar-refractivity contribution in [3.8, 4) is 5.75 Å². The second-order valence-corrected chi connectivity index (χ2v) is 7.82. The zero-order valence-corrected chi connectivity index (χ0v) is 16.2. The van der Waals surface area contributed by atoms with Crippen LogP contribution in [0.3, 0.4) is 0 Å². The van der Waals surface area contributed by atoms with Crippen LogP contribution in [0.4, 0.5) is 11.5 Å². The third kappa shape index (κ3) is 3.65. The van der Waals surface area contributed by atoms with Gasteiger partial charge in [0.15, 0.2) is 0 Å². The third-order valence-electron chi connectivity index (χ3n) is 5.43.